The summed E-state index contributed by atoms with van der Waals surface area (Å²) >= 11 is 0. The monoisotopic (exact) mass is 905 g/mol. The summed E-state index contributed by atoms with van der Waals surface area (Å²) in [5.74, 6) is 0.866. The Morgan fingerprint density at radius 2 is 0.984 bits per heavy atom. The molecule has 7 heteroatoms. The molecule has 0 aliphatic rings. The smallest absolute Gasteiger partial charge is 0.201 e. The predicted octanol–water partition coefficient (Wildman–Crippen LogP) is 15.9. The van der Waals surface area contributed by atoms with Crippen molar-refractivity contribution in [1.29, 1.82) is 0 Å². The molecule has 0 radical (unpaired) electrons. The van der Waals surface area contributed by atoms with Crippen molar-refractivity contribution in [2.45, 2.75) is 161 Å². The molecule has 0 amide bonds. The summed E-state index contributed by atoms with van der Waals surface area (Å²) in [6.45, 7) is 34.5. The number of benzene rings is 4. The molecule has 0 fully saturated rings. The molecule has 0 aliphatic carbocycles. The van der Waals surface area contributed by atoms with Crippen LogP contribution in [0, 0.1) is 5.92 Å². The lowest BCUT2D eigenvalue weighted by molar-refractivity contribution is -0.0249. The van der Waals surface area contributed by atoms with Crippen molar-refractivity contribution >= 4 is 16.6 Å². The molecule has 0 spiro atoms. The molecule has 0 heterocycles. The first-order valence-electron chi connectivity index (χ1n) is 24.2. The van der Waals surface area contributed by atoms with E-state index in [0.29, 0.717) is 59.5 Å². The van der Waals surface area contributed by atoms with E-state index < -0.39 is 22.2 Å². The fraction of sp³-hybridized carbons (Fsp3) is 0.509. The van der Waals surface area contributed by atoms with Gasteiger partial charge in [-0.25, -0.2) is 0 Å². The van der Waals surface area contributed by atoms with Gasteiger partial charge >= 0.3 is 0 Å². The molecule has 0 aliphatic heterocycles. The molecule has 3 atom stereocenters. The fourth-order valence-corrected chi connectivity index (χ4v) is 22.0. The van der Waals surface area contributed by atoms with Gasteiger partial charge in [0.1, 0.15) is 11.4 Å². The van der Waals surface area contributed by atoms with E-state index in [9.17, 15) is 0 Å². The second kappa shape index (κ2) is 24.8. The summed E-state index contributed by atoms with van der Waals surface area (Å²) < 4.78 is 34.7. The zero-order valence-electron chi connectivity index (χ0n) is 42.3. The molecule has 0 saturated heterocycles. The third-order valence-electron chi connectivity index (χ3n) is 14.1. The van der Waals surface area contributed by atoms with Crippen LogP contribution in [0.15, 0.2) is 139 Å². The van der Waals surface area contributed by atoms with Crippen molar-refractivity contribution in [2.24, 2.45) is 5.92 Å². The third-order valence-corrected chi connectivity index (χ3v) is 26.2. The zero-order valence-corrected chi connectivity index (χ0v) is 44.3. The van der Waals surface area contributed by atoms with Gasteiger partial charge in [0.05, 0.1) is 39.1 Å². The number of ether oxygens (including phenoxy) is 3. The molecule has 0 unspecified atom stereocenters. The summed E-state index contributed by atoms with van der Waals surface area (Å²) in [6, 6.07) is 40.0. The van der Waals surface area contributed by atoms with Crippen LogP contribution in [-0.2, 0) is 30.5 Å². The molecule has 4 rings (SSSR count). The van der Waals surface area contributed by atoms with E-state index in [1.165, 1.54) is 5.57 Å². The standard InChI is InChI=1S/C57H84O5Si2/c1-42(2)63(43(3)4,44(5)6)61-40-38-48(13)56(62-64(45(7)8,46(9)10)47(11)12)49(14)55(59-41-50-34-36-54(58-15)37-35-50)33-25-26-39-60-57(51-27-19-16-20-28-51,52-29-21-17-22-30-52)53-31-23-18-24-32-53/h16-32,34-38,42-47,49,55-56H,33,39-41H2,1-15H3/b26-25+,48-38-/t49-,55-,56-/m0/s1. The van der Waals surface area contributed by atoms with Crippen LogP contribution < -0.4 is 4.74 Å². The van der Waals surface area contributed by atoms with Crippen molar-refractivity contribution in [2.75, 3.05) is 20.3 Å². The largest absolute Gasteiger partial charge is 0.497 e. The fourth-order valence-electron chi connectivity index (χ4n) is 11.0. The quantitative estimate of drug-likeness (QED) is 0.0357. The Bertz CT molecular complexity index is 1830. The molecule has 5 nitrogen and oxygen atoms in total. The van der Waals surface area contributed by atoms with Crippen LogP contribution >= 0.6 is 0 Å². The van der Waals surface area contributed by atoms with Crippen molar-refractivity contribution in [3.8, 4) is 5.75 Å². The Labute approximate surface area is 392 Å². The molecule has 4 aromatic carbocycles. The van der Waals surface area contributed by atoms with Crippen LogP contribution in [0.3, 0.4) is 0 Å². The normalized spacial score (nSPS) is 14.7. The van der Waals surface area contributed by atoms with E-state index >= 15 is 0 Å². The van der Waals surface area contributed by atoms with Crippen molar-refractivity contribution in [3.63, 3.8) is 0 Å². The van der Waals surface area contributed by atoms with Crippen LogP contribution in [0.4, 0.5) is 0 Å². The Kier molecular flexibility index (Phi) is 20.6. The van der Waals surface area contributed by atoms with Gasteiger partial charge in [0.2, 0.25) is 16.6 Å². The third kappa shape index (κ3) is 12.4. The maximum Gasteiger partial charge on any atom is 0.201 e. The van der Waals surface area contributed by atoms with Crippen LogP contribution in [0.5, 0.6) is 5.75 Å². The van der Waals surface area contributed by atoms with Gasteiger partial charge in [0.25, 0.3) is 0 Å². The maximum absolute atomic E-state index is 7.83. The predicted molar refractivity (Wildman–Crippen MR) is 276 cm³/mol. The summed E-state index contributed by atoms with van der Waals surface area (Å²) in [5.41, 5.74) is 7.65. The van der Waals surface area contributed by atoms with Gasteiger partial charge in [0.15, 0.2) is 0 Å². The highest BCUT2D eigenvalue weighted by Crippen LogP contribution is 2.46. The van der Waals surface area contributed by atoms with Gasteiger partial charge in [-0.05, 0) is 86.6 Å². The molecular formula is C57H84O5Si2. The first-order chi connectivity index (χ1) is 30.5. The van der Waals surface area contributed by atoms with E-state index in [1.807, 2.05) is 12.1 Å². The summed E-state index contributed by atoms with van der Waals surface area (Å²) in [7, 11) is -2.70. The van der Waals surface area contributed by atoms with Gasteiger partial charge in [-0.15, -0.1) is 0 Å². The number of rotatable bonds is 26. The molecule has 0 N–H and O–H groups in total. The molecule has 0 aromatic heterocycles. The van der Waals surface area contributed by atoms with Crippen LogP contribution in [-0.4, -0.2) is 49.2 Å². The van der Waals surface area contributed by atoms with E-state index in [2.05, 4.69) is 218 Å². The first-order valence-corrected chi connectivity index (χ1v) is 28.4. The molecular weight excluding hydrogens is 821 g/mol. The number of hydrogen-bond donors (Lipinski definition) is 0. The lowest BCUT2D eigenvalue weighted by Crippen LogP contribution is -2.52. The van der Waals surface area contributed by atoms with E-state index in [-0.39, 0.29) is 18.1 Å². The zero-order chi connectivity index (χ0) is 47.1. The molecule has 350 valence electrons. The average molecular weight is 905 g/mol. The molecule has 0 saturated carbocycles. The summed E-state index contributed by atoms with van der Waals surface area (Å²) in [5, 5.41) is 0. The number of hydrogen-bond acceptors (Lipinski definition) is 5. The highest BCUT2D eigenvalue weighted by atomic mass is 28.4. The van der Waals surface area contributed by atoms with Crippen molar-refractivity contribution in [1.82, 2.24) is 0 Å². The van der Waals surface area contributed by atoms with E-state index in [4.69, 9.17) is 23.1 Å². The Balaban J connectivity index is 1.75. The number of methoxy groups -OCH3 is 1. The Morgan fingerprint density at radius 3 is 1.39 bits per heavy atom. The minimum absolute atomic E-state index is 0.0301. The molecule has 0 bridgehead atoms. The summed E-state index contributed by atoms with van der Waals surface area (Å²) in [4.78, 5) is 0. The van der Waals surface area contributed by atoms with Crippen molar-refractivity contribution in [3.05, 3.63) is 161 Å². The van der Waals surface area contributed by atoms with Gasteiger partial charge in [-0.2, -0.15) is 0 Å². The van der Waals surface area contributed by atoms with E-state index in [1.54, 1.807) is 7.11 Å². The second-order valence-corrected chi connectivity index (χ2v) is 30.7. The topological polar surface area (TPSA) is 46.2 Å². The first kappa shape index (κ1) is 53.1. The Morgan fingerprint density at radius 1 is 0.547 bits per heavy atom. The second-order valence-electron chi connectivity index (χ2n) is 19.8. The Hall–Kier alpha value is -3.57. The minimum Gasteiger partial charge on any atom is -0.497 e. The SMILES string of the molecule is COc1ccc(CO[C@@H](C/C=C/COC(c2ccccc2)(c2ccccc2)c2ccccc2)[C@H](C)[C@@H](O[Si](C(C)C)(C(C)C)C(C)C)/C(C)=C\CO[Si](C(C)C)(C(C)C)C(C)C)cc1. The van der Waals surface area contributed by atoms with Gasteiger partial charge in [-0.1, -0.05) is 211 Å². The van der Waals surface area contributed by atoms with Gasteiger partial charge in [0, 0.05) is 5.92 Å². The summed E-state index contributed by atoms with van der Waals surface area (Å²) in [6.07, 6.45) is 7.17. The minimum atomic E-state index is -2.33. The van der Waals surface area contributed by atoms with Gasteiger partial charge < -0.3 is 23.1 Å². The van der Waals surface area contributed by atoms with Gasteiger partial charge in [-0.3, -0.25) is 0 Å². The lowest BCUT2D eigenvalue weighted by atomic mass is 9.80. The maximum atomic E-state index is 7.83. The van der Waals surface area contributed by atoms with E-state index in [0.717, 1.165) is 28.0 Å². The van der Waals surface area contributed by atoms with Crippen LogP contribution in [0.2, 0.25) is 33.2 Å². The van der Waals surface area contributed by atoms with Crippen LogP contribution in [0.25, 0.3) is 0 Å². The highest BCUT2D eigenvalue weighted by Gasteiger charge is 2.49. The molecule has 64 heavy (non-hydrogen) atoms. The van der Waals surface area contributed by atoms with Crippen LogP contribution in [0.1, 0.15) is 126 Å². The molecule has 4 aromatic rings. The highest BCUT2D eigenvalue weighted by molar-refractivity contribution is 6.78. The van der Waals surface area contributed by atoms with Crippen molar-refractivity contribution < 1.29 is 23.1 Å². The lowest BCUT2D eigenvalue weighted by Gasteiger charge is -2.47. The average Bonchev–Trinajstić information content (AvgIpc) is 3.28.